The Hall–Kier alpha value is -2.79. The summed E-state index contributed by atoms with van der Waals surface area (Å²) in [5.41, 5.74) is 1.76. The number of sulfonamides is 1. The van der Waals surface area contributed by atoms with Crippen LogP contribution in [0.15, 0.2) is 58.8 Å². The average Bonchev–Trinajstić information content (AvgIpc) is 3.27. The van der Waals surface area contributed by atoms with Gasteiger partial charge in [0.05, 0.1) is 34.4 Å². The molecule has 0 spiro atoms. The second kappa shape index (κ2) is 10.4. The number of esters is 1. The first-order valence-corrected chi connectivity index (χ1v) is 12.7. The number of morpholine rings is 1. The van der Waals surface area contributed by atoms with E-state index in [2.05, 4.69) is 4.98 Å². The average molecular weight is 489 g/mol. The number of aromatic nitrogens is 1. The van der Waals surface area contributed by atoms with E-state index in [0.29, 0.717) is 49.8 Å². The van der Waals surface area contributed by atoms with E-state index in [9.17, 15) is 13.2 Å². The van der Waals surface area contributed by atoms with Crippen LogP contribution in [0.5, 0.6) is 5.75 Å². The van der Waals surface area contributed by atoms with Gasteiger partial charge in [0.25, 0.3) is 0 Å². The molecular weight excluding hydrogens is 464 g/mol. The van der Waals surface area contributed by atoms with Gasteiger partial charge in [-0.05, 0) is 42.8 Å². The van der Waals surface area contributed by atoms with Crippen molar-refractivity contribution in [3.05, 3.63) is 75.7 Å². The lowest BCUT2D eigenvalue weighted by Crippen LogP contribution is -2.40. The Kier molecular flexibility index (Phi) is 7.39. The molecule has 2 heterocycles. The number of hydrogen-bond donors (Lipinski definition) is 0. The molecule has 2 aromatic carbocycles. The van der Waals surface area contributed by atoms with Crippen molar-refractivity contribution in [2.24, 2.45) is 0 Å². The molecule has 33 heavy (non-hydrogen) atoms. The summed E-state index contributed by atoms with van der Waals surface area (Å²) in [6.07, 6.45) is 0. The van der Waals surface area contributed by atoms with E-state index in [1.165, 1.54) is 10.4 Å². The standard InChI is InChI=1S/C23H24N2O6S2/c1-17-24-20(16-32-17)15-30-21-6-3-5-19(13-21)23(26)31-14-18-4-2-7-22(12-18)33(27,28)25-8-10-29-11-9-25/h2-7,12-13,16H,8-11,14-15H2,1H3. The van der Waals surface area contributed by atoms with Crippen molar-refractivity contribution < 1.29 is 27.4 Å². The molecule has 3 aromatic rings. The Morgan fingerprint density at radius 1 is 1.12 bits per heavy atom. The van der Waals surface area contributed by atoms with Crippen LogP contribution in [0.25, 0.3) is 0 Å². The molecule has 0 unspecified atom stereocenters. The molecule has 1 aliphatic rings. The highest BCUT2D eigenvalue weighted by Gasteiger charge is 2.26. The fourth-order valence-electron chi connectivity index (χ4n) is 3.31. The van der Waals surface area contributed by atoms with Gasteiger partial charge in [0, 0.05) is 18.5 Å². The van der Waals surface area contributed by atoms with Gasteiger partial charge >= 0.3 is 5.97 Å². The summed E-state index contributed by atoms with van der Waals surface area (Å²) in [5.74, 6) is 0.0140. The monoisotopic (exact) mass is 488 g/mol. The van der Waals surface area contributed by atoms with Crippen LogP contribution in [0.4, 0.5) is 0 Å². The molecule has 1 aromatic heterocycles. The lowest BCUT2D eigenvalue weighted by atomic mass is 10.2. The maximum atomic E-state index is 12.8. The molecule has 0 N–H and O–H groups in total. The van der Waals surface area contributed by atoms with Crippen LogP contribution in [-0.4, -0.2) is 50.0 Å². The molecule has 8 nitrogen and oxygen atoms in total. The van der Waals surface area contributed by atoms with Crippen molar-refractivity contribution in [3.63, 3.8) is 0 Å². The summed E-state index contributed by atoms with van der Waals surface area (Å²) in [6, 6.07) is 13.2. The van der Waals surface area contributed by atoms with Crippen LogP contribution in [0.3, 0.4) is 0 Å². The summed E-state index contributed by atoms with van der Waals surface area (Å²) in [4.78, 5) is 17.1. The number of ether oxygens (including phenoxy) is 3. The minimum absolute atomic E-state index is 0.0471. The predicted octanol–water partition coefficient (Wildman–Crippen LogP) is 3.41. The lowest BCUT2D eigenvalue weighted by Gasteiger charge is -2.26. The van der Waals surface area contributed by atoms with E-state index in [0.717, 1.165) is 10.7 Å². The maximum Gasteiger partial charge on any atom is 0.338 e. The molecule has 0 amide bonds. The number of carbonyl (C=O) groups excluding carboxylic acids is 1. The van der Waals surface area contributed by atoms with Crippen LogP contribution in [0.1, 0.15) is 26.6 Å². The third kappa shape index (κ3) is 5.97. The van der Waals surface area contributed by atoms with E-state index in [1.807, 2.05) is 12.3 Å². The smallest absolute Gasteiger partial charge is 0.338 e. The Labute approximate surface area is 196 Å². The lowest BCUT2D eigenvalue weighted by molar-refractivity contribution is 0.0472. The van der Waals surface area contributed by atoms with Gasteiger partial charge in [-0.15, -0.1) is 11.3 Å². The number of hydrogen-bond acceptors (Lipinski definition) is 8. The summed E-state index contributed by atoms with van der Waals surface area (Å²) in [7, 11) is -3.62. The van der Waals surface area contributed by atoms with Gasteiger partial charge < -0.3 is 14.2 Å². The minimum atomic E-state index is -3.62. The van der Waals surface area contributed by atoms with E-state index in [1.54, 1.807) is 53.8 Å². The van der Waals surface area contributed by atoms with Crippen LogP contribution < -0.4 is 4.74 Å². The SMILES string of the molecule is Cc1nc(COc2cccc(C(=O)OCc3cccc(S(=O)(=O)N4CCOCC4)c3)c2)cs1. The third-order valence-electron chi connectivity index (χ3n) is 5.00. The van der Waals surface area contributed by atoms with Gasteiger partial charge in [0.2, 0.25) is 10.0 Å². The summed E-state index contributed by atoms with van der Waals surface area (Å²) in [6.45, 7) is 3.59. The van der Waals surface area contributed by atoms with Crippen molar-refractivity contribution in [2.75, 3.05) is 26.3 Å². The molecule has 0 saturated carbocycles. The molecular formula is C23H24N2O6S2. The largest absolute Gasteiger partial charge is 0.487 e. The maximum absolute atomic E-state index is 12.8. The summed E-state index contributed by atoms with van der Waals surface area (Å²) < 4.78 is 43.5. The predicted molar refractivity (Wildman–Crippen MR) is 123 cm³/mol. The highest BCUT2D eigenvalue weighted by atomic mass is 32.2. The Balaban J connectivity index is 1.37. The van der Waals surface area contributed by atoms with Crippen molar-refractivity contribution in [3.8, 4) is 5.75 Å². The fraction of sp³-hybridized carbons (Fsp3) is 0.304. The minimum Gasteiger partial charge on any atom is -0.487 e. The van der Waals surface area contributed by atoms with Crippen molar-refractivity contribution in [2.45, 2.75) is 25.0 Å². The zero-order valence-corrected chi connectivity index (χ0v) is 19.7. The van der Waals surface area contributed by atoms with Crippen LogP contribution in [0.2, 0.25) is 0 Å². The Bertz CT molecular complexity index is 1220. The number of nitrogens with zero attached hydrogens (tertiary/aromatic N) is 2. The quantitative estimate of drug-likeness (QED) is 0.449. The van der Waals surface area contributed by atoms with Crippen LogP contribution in [0, 0.1) is 6.92 Å². The number of aryl methyl sites for hydroxylation is 1. The molecule has 0 atom stereocenters. The first-order valence-electron chi connectivity index (χ1n) is 10.4. The zero-order valence-electron chi connectivity index (χ0n) is 18.1. The second-order valence-corrected chi connectivity index (χ2v) is 10.4. The molecule has 1 saturated heterocycles. The van der Waals surface area contributed by atoms with E-state index in [-0.39, 0.29) is 11.5 Å². The van der Waals surface area contributed by atoms with Crippen LogP contribution in [-0.2, 0) is 32.7 Å². The first-order chi connectivity index (χ1) is 15.9. The van der Waals surface area contributed by atoms with Gasteiger partial charge in [-0.1, -0.05) is 18.2 Å². The highest BCUT2D eigenvalue weighted by molar-refractivity contribution is 7.89. The zero-order chi connectivity index (χ0) is 23.3. The van der Waals surface area contributed by atoms with Gasteiger partial charge in [0.15, 0.2) is 0 Å². The second-order valence-electron chi connectivity index (χ2n) is 7.41. The van der Waals surface area contributed by atoms with Gasteiger partial charge in [0.1, 0.15) is 19.0 Å². The summed E-state index contributed by atoms with van der Waals surface area (Å²) >= 11 is 1.55. The normalized spacial score (nSPS) is 14.7. The number of rotatable bonds is 8. The number of benzene rings is 2. The fourth-order valence-corrected chi connectivity index (χ4v) is 5.38. The van der Waals surface area contributed by atoms with Gasteiger partial charge in [-0.25, -0.2) is 18.2 Å². The Morgan fingerprint density at radius 3 is 2.67 bits per heavy atom. The van der Waals surface area contributed by atoms with Crippen molar-refractivity contribution in [1.82, 2.24) is 9.29 Å². The van der Waals surface area contributed by atoms with Crippen molar-refractivity contribution in [1.29, 1.82) is 0 Å². The molecule has 0 radical (unpaired) electrons. The molecule has 174 valence electrons. The molecule has 0 bridgehead atoms. The van der Waals surface area contributed by atoms with E-state index in [4.69, 9.17) is 14.2 Å². The molecule has 1 aliphatic heterocycles. The van der Waals surface area contributed by atoms with Crippen LogP contribution >= 0.6 is 11.3 Å². The van der Waals surface area contributed by atoms with Crippen molar-refractivity contribution >= 4 is 27.3 Å². The molecule has 10 heteroatoms. The van der Waals surface area contributed by atoms with Gasteiger partial charge in [-0.2, -0.15) is 4.31 Å². The third-order valence-corrected chi connectivity index (χ3v) is 7.72. The molecule has 1 fully saturated rings. The number of thiazole rings is 1. The topological polar surface area (TPSA) is 95.0 Å². The van der Waals surface area contributed by atoms with E-state index < -0.39 is 16.0 Å². The van der Waals surface area contributed by atoms with Gasteiger partial charge in [-0.3, -0.25) is 0 Å². The number of carbonyl (C=O) groups is 1. The molecule has 4 rings (SSSR count). The highest BCUT2D eigenvalue weighted by Crippen LogP contribution is 2.20. The molecule has 0 aliphatic carbocycles. The first kappa shape index (κ1) is 23.4. The van der Waals surface area contributed by atoms with E-state index >= 15 is 0 Å². The Morgan fingerprint density at radius 2 is 1.91 bits per heavy atom. The summed E-state index contributed by atoms with van der Waals surface area (Å²) in [5, 5.41) is 2.90.